The normalized spacial score (nSPS) is 20.9. The monoisotopic (exact) mass is 417 g/mol. The van der Waals surface area contributed by atoms with Crippen LogP contribution in [0, 0.1) is 5.92 Å². The first kappa shape index (κ1) is 22.6. The molecule has 3 N–H and O–H groups in total. The van der Waals surface area contributed by atoms with Crippen LogP contribution < -0.4 is 16.0 Å². The maximum atomic E-state index is 12.6. The number of carbonyl (C=O) groups is 2. The molecule has 1 spiro atoms. The van der Waals surface area contributed by atoms with Crippen LogP contribution in [0.15, 0.2) is 18.6 Å². The Hall–Kier alpha value is -2.04. The van der Waals surface area contributed by atoms with Gasteiger partial charge in [-0.2, -0.15) is 0 Å². The second-order valence-corrected chi connectivity index (χ2v) is 8.94. The van der Waals surface area contributed by atoms with Gasteiger partial charge in [-0.3, -0.25) is 14.6 Å². The van der Waals surface area contributed by atoms with Crippen molar-refractivity contribution in [3.63, 3.8) is 0 Å². The first-order valence-electron chi connectivity index (χ1n) is 10.6. The zero-order valence-electron chi connectivity index (χ0n) is 18.2. The Balaban J connectivity index is 1.61. The second-order valence-electron chi connectivity index (χ2n) is 8.94. The molecule has 3 heterocycles. The molecule has 0 aromatic carbocycles. The van der Waals surface area contributed by atoms with Crippen molar-refractivity contribution < 1.29 is 18.9 Å². The van der Waals surface area contributed by atoms with Crippen LogP contribution in [0.25, 0.3) is 0 Å². The van der Waals surface area contributed by atoms with Gasteiger partial charge in [-0.25, -0.2) is 4.98 Å². The van der Waals surface area contributed by atoms with Gasteiger partial charge in [0.05, 0.1) is 29.9 Å². The van der Waals surface area contributed by atoms with Crippen LogP contribution >= 0.6 is 0 Å². The molecule has 2 amide bonds. The average molecular weight is 417 g/mol. The highest BCUT2D eigenvalue weighted by Gasteiger charge is 2.58. The van der Waals surface area contributed by atoms with E-state index in [9.17, 15) is 9.59 Å². The fourth-order valence-electron chi connectivity index (χ4n) is 4.17. The zero-order chi connectivity index (χ0) is 21.8. The number of rotatable bonds is 7. The largest absolute Gasteiger partial charge is 0.481 e. The summed E-state index contributed by atoms with van der Waals surface area (Å²) in [5, 5.41) is 8.95. The molecule has 1 atom stereocenters. The van der Waals surface area contributed by atoms with Crippen LogP contribution in [0.5, 0.6) is 0 Å². The van der Waals surface area contributed by atoms with E-state index in [0.717, 1.165) is 25.9 Å². The van der Waals surface area contributed by atoms with Crippen LogP contribution in [-0.2, 0) is 14.1 Å². The smallest absolute Gasteiger partial charge is 0.402 e. The van der Waals surface area contributed by atoms with E-state index in [4.69, 9.17) is 9.31 Å². The van der Waals surface area contributed by atoms with Gasteiger partial charge in [0.25, 0.3) is 5.91 Å². The van der Waals surface area contributed by atoms with Crippen molar-refractivity contribution in [1.82, 2.24) is 25.9 Å². The molecule has 0 saturated carbocycles. The highest BCUT2D eigenvalue weighted by molar-refractivity contribution is 6.48. The van der Waals surface area contributed by atoms with Crippen LogP contribution in [-0.4, -0.2) is 65.7 Å². The van der Waals surface area contributed by atoms with Crippen molar-refractivity contribution in [3.05, 3.63) is 24.3 Å². The van der Waals surface area contributed by atoms with Crippen molar-refractivity contribution in [3.8, 4) is 0 Å². The predicted octanol–water partition coefficient (Wildman–Crippen LogP) is 0.712. The number of hydrogen-bond donors (Lipinski definition) is 3. The summed E-state index contributed by atoms with van der Waals surface area (Å²) < 4.78 is 12.8. The van der Waals surface area contributed by atoms with Gasteiger partial charge in [0, 0.05) is 12.4 Å². The maximum absolute atomic E-state index is 12.6. The highest BCUT2D eigenvalue weighted by atomic mass is 16.7. The highest BCUT2D eigenvalue weighted by Crippen LogP contribution is 2.44. The van der Waals surface area contributed by atoms with Crippen molar-refractivity contribution in [1.29, 1.82) is 0 Å². The number of amides is 2. The van der Waals surface area contributed by atoms with Crippen LogP contribution in [0.3, 0.4) is 0 Å². The van der Waals surface area contributed by atoms with Gasteiger partial charge in [-0.1, -0.05) is 13.8 Å². The summed E-state index contributed by atoms with van der Waals surface area (Å²) in [6.45, 7) is 9.92. The molecule has 2 aliphatic rings. The van der Waals surface area contributed by atoms with E-state index in [1.165, 1.54) is 18.6 Å². The van der Waals surface area contributed by atoms with Gasteiger partial charge in [0.2, 0.25) is 5.91 Å². The fraction of sp³-hybridized carbons (Fsp3) is 0.700. The Bertz CT molecular complexity index is 740. The number of piperidine rings is 1. The Kier molecular flexibility index (Phi) is 7.10. The van der Waals surface area contributed by atoms with E-state index in [0.29, 0.717) is 12.3 Å². The molecule has 2 saturated heterocycles. The molecule has 9 nitrogen and oxygen atoms in total. The van der Waals surface area contributed by atoms with Gasteiger partial charge in [-0.15, -0.1) is 0 Å². The minimum absolute atomic E-state index is 0.158. The van der Waals surface area contributed by atoms with E-state index in [1.54, 1.807) is 0 Å². The SMILES string of the molecule is CC(C)CC(NC(=O)CNC(=O)c1cnccn1)B1OC(C)(C)C2(CCNCC2)O1. The minimum Gasteiger partial charge on any atom is -0.402 e. The first-order chi connectivity index (χ1) is 14.2. The van der Waals surface area contributed by atoms with Gasteiger partial charge in [0.1, 0.15) is 5.69 Å². The minimum atomic E-state index is -0.528. The number of hydrogen-bond acceptors (Lipinski definition) is 7. The van der Waals surface area contributed by atoms with Crippen molar-refractivity contribution >= 4 is 18.9 Å². The standard InChI is InChI=1S/C20H32BN5O4/c1-14(2)11-16(21-29-19(3,4)20(30-21)5-7-22-8-6-20)26-17(27)13-25-18(28)15-12-23-9-10-24-15/h9-10,12,14,16,22H,5-8,11,13H2,1-4H3,(H,25,28)(H,26,27). The lowest BCUT2D eigenvalue weighted by atomic mass is 9.73. The lowest BCUT2D eigenvalue weighted by molar-refractivity contribution is -0.120. The molecule has 30 heavy (non-hydrogen) atoms. The van der Waals surface area contributed by atoms with Crippen LogP contribution in [0.4, 0.5) is 0 Å². The molecule has 1 aromatic rings. The van der Waals surface area contributed by atoms with E-state index < -0.39 is 18.6 Å². The summed E-state index contributed by atoms with van der Waals surface area (Å²) in [5.41, 5.74) is -0.635. The van der Waals surface area contributed by atoms with E-state index >= 15 is 0 Å². The van der Waals surface area contributed by atoms with Crippen molar-refractivity contribution in [2.45, 2.75) is 64.1 Å². The third-order valence-electron chi connectivity index (χ3n) is 5.87. The molecule has 2 fully saturated rings. The zero-order valence-corrected chi connectivity index (χ0v) is 18.2. The third kappa shape index (κ3) is 5.17. The van der Waals surface area contributed by atoms with Crippen molar-refractivity contribution in [2.75, 3.05) is 19.6 Å². The Morgan fingerprint density at radius 3 is 2.60 bits per heavy atom. The van der Waals surface area contributed by atoms with Crippen molar-refractivity contribution in [2.24, 2.45) is 5.92 Å². The van der Waals surface area contributed by atoms with E-state index in [-0.39, 0.29) is 29.7 Å². The summed E-state index contributed by atoms with van der Waals surface area (Å²) in [7, 11) is -0.528. The summed E-state index contributed by atoms with van der Waals surface area (Å²) >= 11 is 0. The van der Waals surface area contributed by atoms with Gasteiger partial charge < -0.3 is 25.3 Å². The molecule has 164 valence electrons. The van der Waals surface area contributed by atoms with E-state index in [1.807, 2.05) is 0 Å². The average Bonchev–Trinajstić information content (AvgIpc) is 2.96. The Morgan fingerprint density at radius 1 is 1.23 bits per heavy atom. The topological polar surface area (TPSA) is 114 Å². The molecule has 2 aliphatic heterocycles. The molecule has 3 rings (SSSR count). The summed E-state index contributed by atoms with van der Waals surface area (Å²) in [5.74, 6) is -0.709. The van der Waals surface area contributed by atoms with E-state index in [2.05, 4.69) is 53.6 Å². The number of nitrogens with one attached hydrogen (secondary N) is 3. The maximum Gasteiger partial charge on any atom is 0.481 e. The molecule has 1 aromatic heterocycles. The molecular formula is C20H32BN5O4. The summed E-state index contributed by atoms with van der Waals surface area (Å²) in [4.78, 5) is 32.5. The molecule has 0 aliphatic carbocycles. The molecule has 0 radical (unpaired) electrons. The quantitative estimate of drug-likeness (QED) is 0.560. The number of nitrogens with zero attached hydrogens (tertiary/aromatic N) is 2. The lowest BCUT2D eigenvalue weighted by Crippen LogP contribution is -2.54. The molecule has 0 bridgehead atoms. The van der Waals surface area contributed by atoms with Gasteiger partial charge >= 0.3 is 7.12 Å². The number of carbonyl (C=O) groups excluding carboxylic acids is 2. The summed E-state index contributed by atoms with van der Waals surface area (Å²) in [6.07, 6.45) is 6.72. The fourth-order valence-corrected chi connectivity index (χ4v) is 4.17. The predicted molar refractivity (Wildman–Crippen MR) is 113 cm³/mol. The summed E-state index contributed by atoms with van der Waals surface area (Å²) in [6, 6.07) is 0. The first-order valence-corrected chi connectivity index (χ1v) is 10.6. The van der Waals surface area contributed by atoms with Gasteiger partial charge in [-0.05, 0) is 52.1 Å². The lowest BCUT2D eigenvalue weighted by Gasteiger charge is -2.42. The third-order valence-corrected chi connectivity index (χ3v) is 5.87. The van der Waals surface area contributed by atoms with Crippen LogP contribution in [0.2, 0.25) is 0 Å². The second kappa shape index (κ2) is 9.41. The molecule has 1 unspecified atom stereocenters. The Labute approximate surface area is 178 Å². The number of aromatic nitrogens is 2. The molecule has 10 heteroatoms. The molecular weight excluding hydrogens is 385 g/mol. The van der Waals surface area contributed by atoms with Gasteiger partial charge in [0.15, 0.2) is 0 Å². The Morgan fingerprint density at radius 2 is 1.97 bits per heavy atom. The van der Waals surface area contributed by atoms with Crippen LogP contribution in [0.1, 0.15) is 57.4 Å².